The van der Waals surface area contributed by atoms with E-state index in [0.29, 0.717) is 17.0 Å². The van der Waals surface area contributed by atoms with Crippen molar-refractivity contribution in [2.75, 3.05) is 7.11 Å². The highest BCUT2D eigenvalue weighted by atomic mass is 16.5. The molecule has 0 radical (unpaired) electrons. The number of hydrogen-bond acceptors (Lipinski definition) is 5. The Labute approximate surface area is 91.9 Å². The number of methoxy groups -OCH3 is 1. The van der Waals surface area contributed by atoms with Crippen LogP contribution in [0.1, 0.15) is 16.1 Å². The number of carbonyl (C=O) groups excluding carboxylic acids is 1. The van der Waals surface area contributed by atoms with E-state index in [1.165, 1.54) is 36.7 Å². The summed E-state index contributed by atoms with van der Waals surface area (Å²) in [6, 6.07) is 0. The van der Waals surface area contributed by atoms with Crippen molar-refractivity contribution in [3.8, 4) is 5.75 Å². The zero-order chi connectivity index (χ0) is 11.5. The lowest BCUT2D eigenvalue weighted by Crippen LogP contribution is -2.10. The number of aryl methyl sites for hydroxylation is 1. The Morgan fingerprint density at radius 3 is 2.62 bits per heavy atom. The van der Waals surface area contributed by atoms with E-state index in [2.05, 4.69) is 15.1 Å². The number of carbonyl (C=O) groups is 1. The van der Waals surface area contributed by atoms with Gasteiger partial charge in [0.25, 0.3) is 0 Å². The lowest BCUT2D eigenvalue weighted by atomic mass is 10.1. The van der Waals surface area contributed by atoms with Crippen LogP contribution < -0.4 is 4.74 Å². The SMILES string of the molecule is COc1cnn(C)c1C(=O)c1cncnc1. The minimum absolute atomic E-state index is 0.211. The summed E-state index contributed by atoms with van der Waals surface area (Å²) in [5.41, 5.74) is 0.793. The lowest BCUT2D eigenvalue weighted by molar-refractivity contribution is 0.102. The molecule has 6 heteroatoms. The molecule has 6 nitrogen and oxygen atoms in total. The topological polar surface area (TPSA) is 69.9 Å². The number of nitrogens with zero attached hydrogens (tertiary/aromatic N) is 4. The summed E-state index contributed by atoms with van der Waals surface area (Å²) in [5.74, 6) is 0.230. The first-order valence-electron chi connectivity index (χ1n) is 4.59. The van der Waals surface area contributed by atoms with Crippen molar-refractivity contribution < 1.29 is 9.53 Å². The molecule has 0 N–H and O–H groups in total. The minimum atomic E-state index is -0.211. The normalized spacial score (nSPS) is 10.1. The van der Waals surface area contributed by atoms with Gasteiger partial charge in [0, 0.05) is 19.4 Å². The van der Waals surface area contributed by atoms with Crippen molar-refractivity contribution in [2.24, 2.45) is 7.05 Å². The number of aromatic nitrogens is 4. The van der Waals surface area contributed by atoms with Crippen LogP contribution in [0.5, 0.6) is 5.75 Å². The summed E-state index contributed by atoms with van der Waals surface area (Å²) in [7, 11) is 3.18. The molecule has 16 heavy (non-hydrogen) atoms. The van der Waals surface area contributed by atoms with Gasteiger partial charge in [0.2, 0.25) is 5.78 Å². The molecule has 0 saturated heterocycles. The lowest BCUT2D eigenvalue weighted by Gasteiger charge is -2.03. The summed E-state index contributed by atoms with van der Waals surface area (Å²) >= 11 is 0. The Balaban J connectivity index is 2.45. The molecular weight excluding hydrogens is 208 g/mol. The molecule has 0 unspecified atom stereocenters. The van der Waals surface area contributed by atoms with Crippen molar-refractivity contribution in [3.05, 3.63) is 36.2 Å². The zero-order valence-electron chi connectivity index (χ0n) is 8.91. The van der Waals surface area contributed by atoms with Crippen molar-refractivity contribution in [1.82, 2.24) is 19.7 Å². The van der Waals surface area contributed by atoms with E-state index in [1.54, 1.807) is 7.05 Å². The number of ether oxygens (including phenoxy) is 1. The summed E-state index contributed by atoms with van der Waals surface area (Å²) in [4.78, 5) is 19.7. The zero-order valence-corrected chi connectivity index (χ0v) is 8.91. The van der Waals surface area contributed by atoms with Crippen LogP contribution in [0.2, 0.25) is 0 Å². The minimum Gasteiger partial charge on any atom is -0.493 e. The molecule has 2 aromatic rings. The van der Waals surface area contributed by atoms with Crippen LogP contribution in [-0.4, -0.2) is 32.6 Å². The van der Waals surface area contributed by atoms with Crippen LogP contribution in [0.25, 0.3) is 0 Å². The van der Waals surface area contributed by atoms with Crippen LogP contribution >= 0.6 is 0 Å². The van der Waals surface area contributed by atoms with E-state index in [4.69, 9.17) is 4.74 Å². The monoisotopic (exact) mass is 218 g/mol. The summed E-state index contributed by atoms with van der Waals surface area (Å²) in [5, 5.41) is 3.96. The number of ketones is 1. The number of rotatable bonds is 3. The van der Waals surface area contributed by atoms with Gasteiger partial charge in [0.15, 0.2) is 11.4 Å². The second kappa shape index (κ2) is 4.09. The molecule has 2 heterocycles. The van der Waals surface area contributed by atoms with Gasteiger partial charge in [0.05, 0.1) is 18.9 Å². The van der Waals surface area contributed by atoms with Gasteiger partial charge < -0.3 is 4.74 Å². The fraction of sp³-hybridized carbons (Fsp3) is 0.200. The Morgan fingerprint density at radius 1 is 1.31 bits per heavy atom. The summed E-state index contributed by atoms with van der Waals surface area (Å²) < 4.78 is 6.53. The van der Waals surface area contributed by atoms with Gasteiger partial charge in [-0.3, -0.25) is 9.48 Å². The van der Waals surface area contributed by atoms with Crippen molar-refractivity contribution in [3.63, 3.8) is 0 Å². The molecule has 0 fully saturated rings. The smallest absolute Gasteiger partial charge is 0.217 e. The van der Waals surface area contributed by atoms with Crippen molar-refractivity contribution in [1.29, 1.82) is 0 Å². The fourth-order valence-corrected chi connectivity index (χ4v) is 1.38. The van der Waals surface area contributed by atoms with E-state index in [0.717, 1.165) is 0 Å². The Morgan fingerprint density at radius 2 is 2.00 bits per heavy atom. The summed E-state index contributed by atoms with van der Waals surface area (Å²) in [6.45, 7) is 0. The fourth-order valence-electron chi connectivity index (χ4n) is 1.38. The van der Waals surface area contributed by atoms with E-state index in [1.807, 2.05) is 0 Å². The number of hydrogen-bond donors (Lipinski definition) is 0. The van der Waals surface area contributed by atoms with Gasteiger partial charge in [-0.05, 0) is 0 Å². The predicted molar refractivity (Wildman–Crippen MR) is 55.2 cm³/mol. The quantitative estimate of drug-likeness (QED) is 0.699. The molecule has 0 spiro atoms. The van der Waals surface area contributed by atoms with E-state index in [-0.39, 0.29) is 5.78 Å². The molecule has 0 aliphatic heterocycles. The first-order chi connectivity index (χ1) is 7.74. The molecule has 2 aromatic heterocycles. The second-order valence-corrected chi connectivity index (χ2v) is 3.14. The third kappa shape index (κ3) is 1.65. The van der Waals surface area contributed by atoms with Crippen LogP contribution in [0.4, 0.5) is 0 Å². The first-order valence-corrected chi connectivity index (χ1v) is 4.59. The molecule has 0 bridgehead atoms. The second-order valence-electron chi connectivity index (χ2n) is 3.14. The first kappa shape index (κ1) is 10.3. The van der Waals surface area contributed by atoms with Gasteiger partial charge in [-0.15, -0.1) is 0 Å². The highest BCUT2D eigenvalue weighted by Gasteiger charge is 2.19. The predicted octanol–water partition coefficient (Wildman–Crippen LogP) is 0.450. The highest BCUT2D eigenvalue weighted by molar-refractivity contribution is 6.09. The maximum atomic E-state index is 12.1. The molecule has 0 atom stereocenters. The maximum absolute atomic E-state index is 12.1. The molecule has 2 rings (SSSR count). The Bertz CT molecular complexity index is 507. The largest absolute Gasteiger partial charge is 0.493 e. The van der Waals surface area contributed by atoms with Crippen molar-refractivity contribution in [2.45, 2.75) is 0 Å². The van der Waals surface area contributed by atoms with Gasteiger partial charge in [-0.25, -0.2) is 9.97 Å². The molecule has 0 aromatic carbocycles. The van der Waals surface area contributed by atoms with Crippen molar-refractivity contribution >= 4 is 5.78 Å². The molecule has 82 valence electrons. The molecule has 0 aliphatic carbocycles. The third-order valence-electron chi connectivity index (χ3n) is 2.16. The van der Waals surface area contributed by atoms with Gasteiger partial charge in [-0.1, -0.05) is 0 Å². The third-order valence-corrected chi connectivity index (χ3v) is 2.16. The molecule has 0 amide bonds. The maximum Gasteiger partial charge on any atom is 0.217 e. The van der Waals surface area contributed by atoms with Crippen LogP contribution in [-0.2, 0) is 7.05 Å². The highest BCUT2D eigenvalue weighted by Crippen LogP contribution is 2.19. The average molecular weight is 218 g/mol. The van der Waals surface area contributed by atoms with E-state index < -0.39 is 0 Å². The Kier molecular flexibility index (Phi) is 2.63. The van der Waals surface area contributed by atoms with Crippen LogP contribution in [0, 0.1) is 0 Å². The standard InChI is InChI=1S/C10H10N4O2/c1-14-9(8(16-2)5-13-14)10(15)7-3-11-6-12-4-7/h3-6H,1-2H3. The summed E-state index contributed by atoms with van der Waals surface area (Å²) in [6.07, 6.45) is 5.79. The van der Waals surface area contributed by atoms with Crippen LogP contribution in [0.3, 0.4) is 0 Å². The van der Waals surface area contributed by atoms with Crippen LogP contribution in [0.15, 0.2) is 24.9 Å². The van der Waals surface area contributed by atoms with Gasteiger partial charge >= 0.3 is 0 Å². The van der Waals surface area contributed by atoms with E-state index >= 15 is 0 Å². The molecular formula is C10H10N4O2. The van der Waals surface area contributed by atoms with Gasteiger partial charge in [-0.2, -0.15) is 5.10 Å². The molecule has 0 aliphatic rings. The van der Waals surface area contributed by atoms with Gasteiger partial charge in [0.1, 0.15) is 6.33 Å². The Hall–Kier alpha value is -2.24. The molecule has 0 saturated carbocycles. The van der Waals surface area contributed by atoms with E-state index in [9.17, 15) is 4.79 Å². The average Bonchev–Trinajstić information content (AvgIpc) is 2.70.